The zero-order valence-corrected chi connectivity index (χ0v) is 13.7. The van der Waals surface area contributed by atoms with Gasteiger partial charge in [-0.15, -0.1) is 0 Å². The summed E-state index contributed by atoms with van der Waals surface area (Å²) in [6.07, 6.45) is 0. The molecule has 0 unspecified atom stereocenters. The first-order chi connectivity index (χ1) is 9.70. The fourth-order valence-electron chi connectivity index (χ4n) is 2.33. The quantitative estimate of drug-likeness (QED) is 0.896. The summed E-state index contributed by atoms with van der Waals surface area (Å²) >= 11 is 0. The Hall–Kier alpha value is -1.10. The number of hydrogen-bond donors (Lipinski definition) is 2. The third-order valence-electron chi connectivity index (χ3n) is 3.59. The molecule has 0 radical (unpaired) electrons. The van der Waals surface area contributed by atoms with Crippen LogP contribution >= 0.6 is 0 Å². The molecule has 4 nitrogen and oxygen atoms in total. The molecule has 1 aliphatic rings. The minimum atomic E-state index is -0.571. The van der Waals surface area contributed by atoms with Crippen molar-refractivity contribution < 1.29 is 14.6 Å². The van der Waals surface area contributed by atoms with E-state index in [9.17, 15) is 5.11 Å². The molecule has 21 heavy (non-hydrogen) atoms. The highest BCUT2D eigenvalue weighted by Crippen LogP contribution is 2.33. The van der Waals surface area contributed by atoms with Crippen molar-refractivity contribution in [2.24, 2.45) is 0 Å². The number of rotatable bonds is 4. The molecule has 2 N–H and O–H groups in total. The van der Waals surface area contributed by atoms with Gasteiger partial charge in [-0.2, -0.15) is 0 Å². The molecule has 0 saturated heterocycles. The van der Waals surface area contributed by atoms with Crippen LogP contribution in [0, 0.1) is 0 Å². The number of aliphatic hydroxyl groups excluding tert-OH is 1. The molecule has 0 aliphatic carbocycles. The fourth-order valence-corrected chi connectivity index (χ4v) is 2.33. The van der Waals surface area contributed by atoms with Crippen LogP contribution in [0.1, 0.15) is 51.7 Å². The minimum absolute atomic E-state index is 0.0396. The van der Waals surface area contributed by atoms with Crippen LogP contribution in [0.15, 0.2) is 18.2 Å². The van der Waals surface area contributed by atoms with Crippen LogP contribution in [0.3, 0.4) is 0 Å². The third-order valence-corrected chi connectivity index (χ3v) is 3.59. The Labute approximate surface area is 127 Å². The molecule has 0 saturated carbocycles. The molecular formula is C17H27NO3. The van der Waals surface area contributed by atoms with Gasteiger partial charge in [-0.1, -0.05) is 6.07 Å². The van der Waals surface area contributed by atoms with E-state index in [-0.39, 0.29) is 18.1 Å². The Kier molecular flexibility index (Phi) is 4.61. The Morgan fingerprint density at radius 2 is 2.05 bits per heavy atom. The van der Waals surface area contributed by atoms with Gasteiger partial charge in [0.1, 0.15) is 5.75 Å². The van der Waals surface area contributed by atoms with Crippen molar-refractivity contribution >= 4 is 0 Å². The van der Waals surface area contributed by atoms with E-state index in [2.05, 4.69) is 32.2 Å². The zero-order chi connectivity index (χ0) is 15.7. The van der Waals surface area contributed by atoms with Crippen molar-refractivity contribution in [1.82, 2.24) is 5.32 Å². The van der Waals surface area contributed by atoms with E-state index in [1.165, 1.54) is 0 Å². The van der Waals surface area contributed by atoms with E-state index in [4.69, 9.17) is 9.47 Å². The van der Waals surface area contributed by atoms with Crippen LogP contribution in [0.4, 0.5) is 0 Å². The highest BCUT2D eigenvalue weighted by molar-refractivity contribution is 5.39. The van der Waals surface area contributed by atoms with E-state index in [1.807, 2.05) is 26.0 Å². The highest BCUT2D eigenvalue weighted by atomic mass is 16.7. The summed E-state index contributed by atoms with van der Waals surface area (Å²) in [7, 11) is 0. The highest BCUT2D eigenvalue weighted by Gasteiger charge is 2.28. The number of aliphatic hydroxyl groups is 1. The van der Waals surface area contributed by atoms with Crippen molar-refractivity contribution in [1.29, 1.82) is 0 Å². The zero-order valence-electron chi connectivity index (χ0n) is 13.7. The molecule has 4 heteroatoms. The van der Waals surface area contributed by atoms with Crippen LogP contribution in [-0.2, 0) is 11.3 Å². The molecule has 0 fully saturated rings. The van der Waals surface area contributed by atoms with Crippen molar-refractivity contribution in [3.05, 3.63) is 29.3 Å². The van der Waals surface area contributed by atoms with Gasteiger partial charge in [-0.25, -0.2) is 0 Å². The average molecular weight is 293 g/mol. The molecule has 1 heterocycles. The lowest BCUT2D eigenvalue weighted by molar-refractivity contribution is -0.180. The predicted octanol–water partition coefficient (Wildman–Crippen LogP) is 2.80. The lowest BCUT2D eigenvalue weighted by Crippen LogP contribution is -2.39. The topological polar surface area (TPSA) is 50.7 Å². The first kappa shape index (κ1) is 16.3. The molecule has 118 valence electrons. The number of fused-ring (bicyclic) bond motifs is 1. The van der Waals surface area contributed by atoms with Gasteiger partial charge in [0, 0.05) is 37.4 Å². The second-order valence-corrected chi connectivity index (χ2v) is 7.17. The molecule has 1 aliphatic heterocycles. The van der Waals surface area contributed by atoms with Crippen molar-refractivity contribution in [2.75, 3.05) is 13.2 Å². The standard InChI is InChI=1S/C17H27NO3/c1-16(2,3)18-9-14(10-19)12-6-7-15-13(8-12)11-20-17(4,5)21-15/h6-8,14,18-19H,9-11H2,1-5H3/t14-/m0/s1. The summed E-state index contributed by atoms with van der Waals surface area (Å²) in [4.78, 5) is 0. The third kappa shape index (κ3) is 4.43. The molecule has 1 aromatic carbocycles. The Morgan fingerprint density at radius 3 is 2.67 bits per heavy atom. The molecule has 1 atom stereocenters. The van der Waals surface area contributed by atoms with Gasteiger partial charge >= 0.3 is 0 Å². The molecule has 0 spiro atoms. The van der Waals surface area contributed by atoms with Gasteiger partial charge < -0.3 is 19.9 Å². The summed E-state index contributed by atoms with van der Waals surface area (Å²) in [5.74, 6) is 0.374. The maximum atomic E-state index is 9.66. The van der Waals surface area contributed by atoms with Gasteiger partial charge in [-0.05, 0) is 38.5 Å². The lowest BCUT2D eigenvalue weighted by Gasteiger charge is -2.33. The normalized spacial score (nSPS) is 18.8. The molecule has 2 rings (SSSR count). The Balaban J connectivity index is 2.13. The maximum Gasteiger partial charge on any atom is 0.205 e. The van der Waals surface area contributed by atoms with Gasteiger partial charge in [0.2, 0.25) is 5.79 Å². The molecular weight excluding hydrogens is 266 g/mol. The predicted molar refractivity (Wildman–Crippen MR) is 83.5 cm³/mol. The lowest BCUT2D eigenvalue weighted by atomic mass is 9.96. The number of benzene rings is 1. The van der Waals surface area contributed by atoms with Gasteiger partial charge in [0.05, 0.1) is 13.2 Å². The second kappa shape index (κ2) is 5.95. The molecule has 1 aromatic rings. The Bertz CT molecular complexity index is 491. The first-order valence-electron chi connectivity index (χ1n) is 7.52. The van der Waals surface area contributed by atoms with Gasteiger partial charge in [0.25, 0.3) is 0 Å². The Morgan fingerprint density at radius 1 is 1.33 bits per heavy atom. The van der Waals surface area contributed by atoms with Crippen LogP contribution in [0.2, 0.25) is 0 Å². The van der Waals surface area contributed by atoms with E-state index in [0.29, 0.717) is 6.61 Å². The van der Waals surface area contributed by atoms with Crippen molar-refractivity contribution in [3.63, 3.8) is 0 Å². The molecule has 0 bridgehead atoms. The minimum Gasteiger partial charge on any atom is -0.463 e. The summed E-state index contributed by atoms with van der Waals surface area (Å²) in [6.45, 7) is 11.6. The number of nitrogens with one attached hydrogen (secondary N) is 1. The van der Waals surface area contributed by atoms with Gasteiger partial charge in [-0.3, -0.25) is 0 Å². The van der Waals surface area contributed by atoms with Crippen LogP contribution in [0.25, 0.3) is 0 Å². The summed E-state index contributed by atoms with van der Waals surface area (Å²) < 4.78 is 11.5. The monoisotopic (exact) mass is 293 g/mol. The summed E-state index contributed by atoms with van der Waals surface area (Å²) in [5.41, 5.74) is 2.19. The number of hydrogen-bond acceptors (Lipinski definition) is 4. The first-order valence-corrected chi connectivity index (χ1v) is 7.52. The number of ether oxygens (including phenoxy) is 2. The van der Waals surface area contributed by atoms with E-state index in [1.54, 1.807) is 0 Å². The van der Waals surface area contributed by atoms with Crippen molar-refractivity contribution in [2.45, 2.75) is 58.5 Å². The van der Waals surface area contributed by atoms with E-state index < -0.39 is 5.79 Å². The van der Waals surface area contributed by atoms with Crippen LogP contribution in [0.5, 0.6) is 5.75 Å². The molecule has 0 amide bonds. The smallest absolute Gasteiger partial charge is 0.205 e. The largest absolute Gasteiger partial charge is 0.463 e. The van der Waals surface area contributed by atoms with Crippen LogP contribution in [-0.4, -0.2) is 29.6 Å². The van der Waals surface area contributed by atoms with Crippen LogP contribution < -0.4 is 10.1 Å². The average Bonchev–Trinajstić information content (AvgIpc) is 2.37. The molecule has 0 aromatic heterocycles. The second-order valence-electron chi connectivity index (χ2n) is 7.17. The summed E-state index contributed by atoms with van der Waals surface area (Å²) in [6, 6.07) is 6.09. The summed E-state index contributed by atoms with van der Waals surface area (Å²) in [5, 5.41) is 13.1. The SMILES string of the molecule is CC(C)(C)NC[C@@H](CO)c1ccc2c(c1)COC(C)(C)O2. The fraction of sp³-hybridized carbons (Fsp3) is 0.647. The van der Waals surface area contributed by atoms with Crippen molar-refractivity contribution in [3.8, 4) is 5.75 Å². The maximum absolute atomic E-state index is 9.66. The van der Waals surface area contributed by atoms with E-state index >= 15 is 0 Å². The van der Waals surface area contributed by atoms with E-state index in [0.717, 1.165) is 23.4 Å². The van der Waals surface area contributed by atoms with Gasteiger partial charge in [0.15, 0.2) is 0 Å².